The van der Waals surface area contributed by atoms with E-state index >= 15 is 0 Å². The Bertz CT molecular complexity index is 253. The average molecular weight is 259 g/mol. The summed E-state index contributed by atoms with van der Waals surface area (Å²) in [7, 11) is 0. The minimum atomic E-state index is -0.348. The van der Waals surface area contributed by atoms with Crippen LogP contribution in [0.3, 0.4) is 0 Å². The largest absolute Gasteiger partial charge is 0.463 e. The molecule has 0 aromatic carbocycles. The van der Waals surface area contributed by atoms with Crippen molar-refractivity contribution in [3.05, 3.63) is 12.2 Å². The molecule has 0 fully saturated rings. The Labute approximate surface area is 109 Å². The Morgan fingerprint density at radius 2 is 2.06 bits per heavy atom. The van der Waals surface area contributed by atoms with E-state index in [4.69, 9.17) is 14.6 Å². The van der Waals surface area contributed by atoms with Gasteiger partial charge in [0.2, 0.25) is 0 Å². The van der Waals surface area contributed by atoms with Crippen LogP contribution in [-0.4, -0.2) is 61.5 Å². The number of carbonyl (C=O) groups is 1. The quantitative estimate of drug-likeness (QED) is 0.358. The number of ether oxygens (including phenoxy) is 2. The number of aliphatic hydroxyl groups excluding tert-OH is 1. The fourth-order valence-electron chi connectivity index (χ4n) is 1.41. The van der Waals surface area contributed by atoms with Gasteiger partial charge < -0.3 is 14.6 Å². The van der Waals surface area contributed by atoms with Crippen LogP contribution in [0, 0.1) is 0 Å². The Kier molecular flexibility index (Phi) is 9.55. The van der Waals surface area contributed by atoms with Gasteiger partial charge in [-0.1, -0.05) is 6.58 Å². The summed E-state index contributed by atoms with van der Waals surface area (Å²) in [5.41, 5.74) is 0.452. The molecule has 0 atom stereocenters. The summed E-state index contributed by atoms with van der Waals surface area (Å²) < 4.78 is 10.1. The molecule has 1 N–H and O–H groups in total. The maximum absolute atomic E-state index is 11.5. The lowest BCUT2D eigenvalue weighted by Crippen LogP contribution is -2.37. The van der Waals surface area contributed by atoms with Gasteiger partial charge in [-0.3, -0.25) is 4.90 Å². The van der Waals surface area contributed by atoms with Crippen LogP contribution in [0.5, 0.6) is 0 Å². The molecule has 0 aliphatic rings. The average Bonchev–Trinajstić information content (AvgIpc) is 2.32. The van der Waals surface area contributed by atoms with Gasteiger partial charge in [-0.05, 0) is 20.8 Å². The molecule has 5 nitrogen and oxygen atoms in total. The van der Waals surface area contributed by atoms with E-state index in [9.17, 15) is 4.79 Å². The summed E-state index contributed by atoms with van der Waals surface area (Å²) in [5, 5.41) is 8.60. The smallest absolute Gasteiger partial charge is 0.334 e. The second kappa shape index (κ2) is 10.1. The van der Waals surface area contributed by atoms with Crippen molar-refractivity contribution in [2.45, 2.75) is 26.8 Å². The Morgan fingerprint density at radius 3 is 2.56 bits per heavy atom. The predicted octanol–water partition coefficient (Wildman–Crippen LogP) is 0.825. The van der Waals surface area contributed by atoms with Crippen molar-refractivity contribution in [3.8, 4) is 0 Å². The molecular weight excluding hydrogens is 234 g/mol. The summed E-state index contributed by atoms with van der Waals surface area (Å²) in [6.07, 6.45) is 0. The van der Waals surface area contributed by atoms with Crippen LogP contribution < -0.4 is 0 Å². The summed E-state index contributed by atoms with van der Waals surface area (Å²) in [6.45, 7) is 12.0. The number of hydrogen-bond donors (Lipinski definition) is 1. The molecule has 0 aromatic heterocycles. The number of nitrogens with zero attached hydrogens (tertiary/aromatic N) is 1. The predicted molar refractivity (Wildman–Crippen MR) is 70.4 cm³/mol. The SMILES string of the molecule is C=C(CN(CCOCCO)C(C)C)C(=O)OCC. The van der Waals surface area contributed by atoms with Crippen molar-refractivity contribution in [2.75, 3.05) is 39.5 Å². The fraction of sp³-hybridized carbons (Fsp3) is 0.769. The first-order valence-corrected chi connectivity index (χ1v) is 6.30. The van der Waals surface area contributed by atoms with E-state index < -0.39 is 0 Å². The van der Waals surface area contributed by atoms with Crippen LogP contribution in [0.25, 0.3) is 0 Å². The van der Waals surface area contributed by atoms with E-state index in [1.807, 2.05) is 13.8 Å². The highest BCUT2D eigenvalue weighted by Gasteiger charge is 2.15. The fourth-order valence-corrected chi connectivity index (χ4v) is 1.41. The molecule has 0 amide bonds. The molecule has 106 valence electrons. The zero-order chi connectivity index (χ0) is 14.0. The lowest BCUT2D eigenvalue weighted by Gasteiger charge is -2.26. The summed E-state index contributed by atoms with van der Waals surface area (Å²) >= 11 is 0. The van der Waals surface area contributed by atoms with Gasteiger partial charge in [-0.2, -0.15) is 0 Å². The monoisotopic (exact) mass is 259 g/mol. The second-order valence-corrected chi connectivity index (χ2v) is 4.22. The van der Waals surface area contributed by atoms with Gasteiger partial charge in [0, 0.05) is 24.7 Å². The first-order chi connectivity index (χ1) is 8.52. The van der Waals surface area contributed by atoms with Gasteiger partial charge >= 0.3 is 5.97 Å². The van der Waals surface area contributed by atoms with Gasteiger partial charge in [0.1, 0.15) is 0 Å². The molecule has 0 spiro atoms. The maximum Gasteiger partial charge on any atom is 0.334 e. The van der Waals surface area contributed by atoms with Gasteiger partial charge in [-0.15, -0.1) is 0 Å². The van der Waals surface area contributed by atoms with E-state index in [-0.39, 0.29) is 18.6 Å². The second-order valence-electron chi connectivity index (χ2n) is 4.22. The molecule has 0 aromatic rings. The number of rotatable bonds is 10. The normalized spacial score (nSPS) is 11.0. The standard InChI is InChI=1S/C13H25NO4/c1-5-18-13(16)12(4)10-14(11(2)3)6-8-17-9-7-15/h11,15H,4-10H2,1-3H3. The van der Waals surface area contributed by atoms with Crippen LogP contribution in [0.15, 0.2) is 12.2 Å². The minimum Gasteiger partial charge on any atom is -0.463 e. The van der Waals surface area contributed by atoms with Crippen molar-refractivity contribution in [3.63, 3.8) is 0 Å². The molecule has 0 rings (SSSR count). The lowest BCUT2D eigenvalue weighted by molar-refractivity contribution is -0.138. The Balaban J connectivity index is 4.10. The summed E-state index contributed by atoms with van der Waals surface area (Å²) in [6, 6.07) is 0.286. The van der Waals surface area contributed by atoms with Crippen LogP contribution in [0.2, 0.25) is 0 Å². The number of aliphatic hydroxyl groups is 1. The van der Waals surface area contributed by atoms with E-state index in [1.165, 1.54) is 0 Å². The third-order valence-corrected chi connectivity index (χ3v) is 2.45. The van der Waals surface area contributed by atoms with E-state index in [0.29, 0.717) is 38.5 Å². The zero-order valence-electron chi connectivity index (χ0n) is 11.6. The van der Waals surface area contributed by atoms with Crippen molar-refractivity contribution in [1.82, 2.24) is 4.90 Å². The van der Waals surface area contributed by atoms with Gasteiger partial charge in [0.05, 0.1) is 26.4 Å². The van der Waals surface area contributed by atoms with Crippen LogP contribution >= 0.6 is 0 Å². The van der Waals surface area contributed by atoms with Gasteiger partial charge in [-0.25, -0.2) is 4.79 Å². The molecule has 0 aliphatic carbocycles. The van der Waals surface area contributed by atoms with Crippen molar-refractivity contribution < 1.29 is 19.4 Å². The highest BCUT2D eigenvalue weighted by molar-refractivity contribution is 5.88. The maximum atomic E-state index is 11.5. The van der Waals surface area contributed by atoms with E-state index in [2.05, 4.69) is 11.5 Å². The highest BCUT2D eigenvalue weighted by atomic mass is 16.5. The van der Waals surface area contributed by atoms with Crippen LogP contribution in [0.1, 0.15) is 20.8 Å². The molecule has 0 heterocycles. The van der Waals surface area contributed by atoms with Crippen LogP contribution in [0.4, 0.5) is 0 Å². The molecule has 0 saturated carbocycles. The number of carbonyl (C=O) groups excluding carboxylic acids is 1. The summed E-state index contributed by atoms with van der Waals surface area (Å²) in [4.78, 5) is 13.5. The number of hydrogen-bond acceptors (Lipinski definition) is 5. The molecule has 5 heteroatoms. The third kappa shape index (κ3) is 7.42. The molecule has 0 radical (unpaired) electrons. The van der Waals surface area contributed by atoms with Crippen LogP contribution in [-0.2, 0) is 14.3 Å². The molecule has 0 bridgehead atoms. The van der Waals surface area contributed by atoms with Crippen molar-refractivity contribution in [1.29, 1.82) is 0 Å². The number of esters is 1. The van der Waals surface area contributed by atoms with Gasteiger partial charge in [0.15, 0.2) is 0 Å². The zero-order valence-corrected chi connectivity index (χ0v) is 11.6. The topological polar surface area (TPSA) is 59.0 Å². The van der Waals surface area contributed by atoms with E-state index in [0.717, 1.165) is 0 Å². The highest BCUT2D eigenvalue weighted by Crippen LogP contribution is 2.04. The minimum absolute atomic E-state index is 0.0250. The first kappa shape index (κ1) is 17.1. The van der Waals surface area contributed by atoms with E-state index in [1.54, 1.807) is 6.92 Å². The molecular formula is C13H25NO4. The molecule has 0 aliphatic heterocycles. The molecule has 0 unspecified atom stereocenters. The van der Waals surface area contributed by atoms with Crippen molar-refractivity contribution in [2.24, 2.45) is 0 Å². The lowest BCUT2D eigenvalue weighted by atomic mass is 10.2. The van der Waals surface area contributed by atoms with Crippen molar-refractivity contribution >= 4 is 5.97 Å². The Hall–Kier alpha value is -0.910. The Morgan fingerprint density at radius 1 is 1.39 bits per heavy atom. The summed E-state index contributed by atoms with van der Waals surface area (Å²) in [5.74, 6) is -0.348. The first-order valence-electron chi connectivity index (χ1n) is 6.30. The van der Waals surface area contributed by atoms with Gasteiger partial charge in [0.25, 0.3) is 0 Å². The molecule has 0 saturated heterocycles. The third-order valence-electron chi connectivity index (χ3n) is 2.45. The molecule has 18 heavy (non-hydrogen) atoms.